The number of carbonyl (C=O) groups is 1. The molecule has 1 N–H and O–H groups in total. The van der Waals surface area contributed by atoms with E-state index in [4.69, 9.17) is 0 Å². The number of fused-ring (bicyclic) bond motifs is 3. The van der Waals surface area contributed by atoms with E-state index in [0.717, 1.165) is 27.7 Å². The molecule has 0 saturated heterocycles. The summed E-state index contributed by atoms with van der Waals surface area (Å²) in [6.45, 7) is 3.98. The molecule has 0 spiro atoms. The fourth-order valence-corrected chi connectivity index (χ4v) is 6.16. The number of benzene rings is 1. The molecule has 0 bridgehead atoms. The van der Waals surface area contributed by atoms with E-state index < -0.39 is 0 Å². The molecule has 3 aromatic heterocycles. The van der Waals surface area contributed by atoms with Crippen molar-refractivity contribution in [1.82, 2.24) is 19.9 Å². The number of carbonyl (C=O) groups excluding carboxylic acids is 1. The number of nitrogens with one attached hydrogen (secondary N) is 1. The summed E-state index contributed by atoms with van der Waals surface area (Å²) in [4.78, 5) is 36.1. The third-order valence-electron chi connectivity index (χ3n) is 5.66. The zero-order valence-corrected chi connectivity index (χ0v) is 19.9. The lowest BCUT2D eigenvalue weighted by Gasteiger charge is -2.19. The van der Waals surface area contributed by atoms with Gasteiger partial charge < -0.3 is 9.88 Å². The molecule has 0 radical (unpaired) electrons. The van der Waals surface area contributed by atoms with Gasteiger partial charge in [-0.25, -0.2) is 0 Å². The zero-order valence-electron chi connectivity index (χ0n) is 18.2. The number of rotatable bonds is 4. The van der Waals surface area contributed by atoms with Crippen LogP contribution in [-0.4, -0.2) is 20.4 Å². The third kappa shape index (κ3) is 4.24. The lowest BCUT2D eigenvalue weighted by molar-refractivity contribution is 0.0947. The normalized spacial score (nSPS) is 14.8. The van der Waals surface area contributed by atoms with Gasteiger partial charge in [0, 0.05) is 40.2 Å². The van der Waals surface area contributed by atoms with Crippen molar-refractivity contribution in [2.75, 3.05) is 0 Å². The summed E-state index contributed by atoms with van der Waals surface area (Å²) in [7, 11) is 0. The number of thioether (sulfide) groups is 1. The van der Waals surface area contributed by atoms with Gasteiger partial charge in [-0.2, -0.15) is 11.3 Å². The van der Waals surface area contributed by atoms with Crippen molar-refractivity contribution in [1.29, 1.82) is 0 Å². The van der Waals surface area contributed by atoms with Crippen LogP contribution in [0, 0.1) is 13.8 Å². The number of amides is 1. The minimum absolute atomic E-state index is 0.0989. The highest BCUT2D eigenvalue weighted by Crippen LogP contribution is 2.44. The highest BCUT2D eigenvalue weighted by Gasteiger charge is 2.29. The highest BCUT2D eigenvalue weighted by molar-refractivity contribution is 7.99. The molecule has 4 heterocycles. The van der Waals surface area contributed by atoms with E-state index in [-0.39, 0.29) is 28.7 Å². The molecule has 1 aromatic carbocycles. The summed E-state index contributed by atoms with van der Waals surface area (Å²) >= 11 is 3.42. The predicted molar refractivity (Wildman–Crippen MR) is 131 cm³/mol. The smallest absolute Gasteiger partial charge is 0.257 e. The van der Waals surface area contributed by atoms with E-state index in [9.17, 15) is 9.59 Å². The van der Waals surface area contributed by atoms with Gasteiger partial charge in [0.15, 0.2) is 5.43 Å². The average Bonchev–Trinajstić information content (AvgIpc) is 3.28. The lowest BCUT2D eigenvalue weighted by Crippen LogP contribution is -2.32. The lowest BCUT2D eigenvalue weighted by atomic mass is 10.0. The molecular formula is C25H22N4O2S2. The molecule has 6 nitrogen and oxygen atoms in total. The second-order valence-electron chi connectivity index (χ2n) is 7.97. The van der Waals surface area contributed by atoms with E-state index in [2.05, 4.69) is 42.7 Å². The van der Waals surface area contributed by atoms with Crippen LogP contribution in [0.4, 0.5) is 0 Å². The van der Waals surface area contributed by atoms with Gasteiger partial charge in [0.25, 0.3) is 5.91 Å². The minimum atomic E-state index is -0.389. The number of thiophene rings is 1. The molecule has 8 heteroatoms. The molecule has 4 aromatic rings. The van der Waals surface area contributed by atoms with Gasteiger partial charge in [-0.3, -0.25) is 19.6 Å². The number of aryl methyl sites for hydroxylation is 2. The summed E-state index contributed by atoms with van der Waals surface area (Å²) in [6.07, 6.45) is 3.87. The van der Waals surface area contributed by atoms with Crippen LogP contribution in [0.3, 0.4) is 0 Å². The molecule has 0 fully saturated rings. The Balaban J connectivity index is 1.60. The molecule has 1 unspecified atom stereocenters. The summed E-state index contributed by atoms with van der Waals surface area (Å²) in [6, 6.07) is 11.8. The van der Waals surface area contributed by atoms with Gasteiger partial charge in [0.1, 0.15) is 5.56 Å². The largest absolute Gasteiger partial charge is 0.346 e. The Kier molecular flexibility index (Phi) is 5.86. The molecule has 33 heavy (non-hydrogen) atoms. The number of hydrogen-bond donors (Lipinski definition) is 1. The molecule has 1 amide bonds. The first-order valence-corrected chi connectivity index (χ1v) is 12.4. The maximum absolute atomic E-state index is 13.3. The van der Waals surface area contributed by atoms with E-state index in [1.807, 2.05) is 32.0 Å². The number of para-hydroxylation sites is 1. The molecular weight excluding hydrogens is 452 g/mol. The van der Waals surface area contributed by atoms with Gasteiger partial charge in [0.2, 0.25) is 0 Å². The van der Waals surface area contributed by atoms with Crippen molar-refractivity contribution < 1.29 is 4.79 Å². The first-order chi connectivity index (χ1) is 16.0. The van der Waals surface area contributed by atoms with Crippen LogP contribution in [-0.2, 0) is 13.0 Å². The van der Waals surface area contributed by atoms with E-state index in [0.29, 0.717) is 12.1 Å². The Morgan fingerprint density at radius 3 is 2.79 bits per heavy atom. The fourth-order valence-electron chi connectivity index (χ4n) is 4.09. The van der Waals surface area contributed by atoms with Crippen LogP contribution in [0.25, 0.3) is 5.69 Å². The summed E-state index contributed by atoms with van der Waals surface area (Å²) in [5, 5.41) is 7.18. The Bertz CT molecular complexity index is 1380. The van der Waals surface area contributed by atoms with Crippen molar-refractivity contribution in [3.8, 4) is 5.69 Å². The molecule has 5 rings (SSSR count). The molecule has 1 aliphatic rings. The van der Waals surface area contributed by atoms with Crippen molar-refractivity contribution in [3.05, 3.63) is 104 Å². The minimum Gasteiger partial charge on any atom is -0.346 e. The van der Waals surface area contributed by atoms with Crippen LogP contribution in [0.5, 0.6) is 0 Å². The zero-order chi connectivity index (χ0) is 22.9. The maximum atomic E-state index is 13.3. The van der Waals surface area contributed by atoms with Crippen molar-refractivity contribution in [3.63, 3.8) is 0 Å². The van der Waals surface area contributed by atoms with E-state index >= 15 is 0 Å². The van der Waals surface area contributed by atoms with Crippen molar-refractivity contribution in [2.45, 2.75) is 37.0 Å². The predicted octanol–water partition coefficient (Wildman–Crippen LogP) is 4.63. The van der Waals surface area contributed by atoms with Gasteiger partial charge in [-0.05, 0) is 48.4 Å². The highest BCUT2D eigenvalue weighted by atomic mass is 32.2. The number of nitrogens with zero attached hydrogens (tertiary/aromatic N) is 3. The monoisotopic (exact) mass is 474 g/mol. The molecule has 1 atom stereocenters. The van der Waals surface area contributed by atoms with Gasteiger partial charge in [0.05, 0.1) is 29.8 Å². The second-order valence-corrected chi connectivity index (χ2v) is 10.00. The standard InChI is InChI=1S/C25H22N4O2S2/c1-15-11-27-18(12-26-15)13-28-25(31)24-20-10-23(17-7-8-32-14-17)33-22-6-4-3-5-19(22)29(20)16(2)9-21(24)30/h3-9,11-12,14,23H,10,13H2,1-2H3,(H,28,31). The van der Waals surface area contributed by atoms with E-state index in [1.54, 1.807) is 41.6 Å². The Hall–Kier alpha value is -3.23. The summed E-state index contributed by atoms with van der Waals surface area (Å²) in [5.41, 5.74) is 5.12. The van der Waals surface area contributed by atoms with Crippen molar-refractivity contribution in [2.24, 2.45) is 0 Å². The SMILES string of the molecule is Cc1cnc(CNC(=O)c2c3n(c(C)cc2=O)-c2ccccc2SC(c2ccsc2)C3)cn1. The number of pyridine rings is 1. The maximum Gasteiger partial charge on any atom is 0.257 e. The third-order valence-corrected chi connectivity index (χ3v) is 7.68. The number of aromatic nitrogens is 3. The Labute approximate surface area is 199 Å². The molecule has 0 aliphatic carbocycles. The fraction of sp³-hybridized carbons (Fsp3) is 0.200. The van der Waals surface area contributed by atoms with Gasteiger partial charge >= 0.3 is 0 Å². The van der Waals surface area contributed by atoms with Crippen LogP contribution < -0.4 is 10.7 Å². The van der Waals surface area contributed by atoms with Crippen LogP contribution >= 0.6 is 23.1 Å². The first kappa shape index (κ1) is 21.6. The molecule has 1 aliphatic heterocycles. The van der Waals surface area contributed by atoms with Crippen LogP contribution in [0.15, 0.2) is 69.2 Å². The summed E-state index contributed by atoms with van der Waals surface area (Å²) < 4.78 is 2.07. The number of hydrogen-bond acceptors (Lipinski definition) is 6. The van der Waals surface area contributed by atoms with Gasteiger partial charge in [-0.1, -0.05) is 12.1 Å². The molecule has 166 valence electrons. The quantitative estimate of drug-likeness (QED) is 0.467. The topological polar surface area (TPSA) is 76.9 Å². The average molecular weight is 475 g/mol. The van der Waals surface area contributed by atoms with Gasteiger partial charge in [-0.15, -0.1) is 11.8 Å². The van der Waals surface area contributed by atoms with Crippen LogP contribution in [0.2, 0.25) is 0 Å². The second kappa shape index (κ2) is 8.96. The Morgan fingerprint density at radius 2 is 2.03 bits per heavy atom. The van der Waals surface area contributed by atoms with Crippen LogP contribution in [0.1, 0.15) is 43.9 Å². The Morgan fingerprint density at radius 1 is 1.18 bits per heavy atom. The molecule has 0 saturated carbocycles. The first-order valence-electron chi connectivity index (χ1n) is 10.6. The van der Waals surface area contributed by atoms with E-state index in [1.165, 1.54) is 5.56 Å². The summed E-state index contributed by atoms with van der Waals surface area (Å²) in [5.74, 6) is -0.389. The van der Waals surface area contributed by atoms with Crippen molar-refractivity contribution >= 4 is 29.0 Å².